The number of furan rings is 1. The topological polar surface area (TPSA) is 56.9 Å². The van der Waals surface area contributed by atoms with Crippen molar-refractivity contribution in [3.8, 4) is 0 Å². The molecule has 136 valence electrons. The molecule has 0 radical (unpaired) electrons. The van der Waals surface area contributed by atoms with Gasteiger partial charge < -0.3 is 14.4 Å². The van der Waals surface area contributed by atoms with Gasteiger partial charge in [-0.25, -0.2) is 0 Å². The van der Waals surface area contributed by atoms with Gasteiger partial charge in [0.2, 0.25) is 5.91 Å². The predicted molar refractivity (Wildman–Crippen MR) is 98.3 cm³/mol. The number of fused-ring (bicyclic) bond motifs is 1. The molecule has 1 fully saturated rings. The first kappa shape index (κ1) is 18.0. The van der Waals surface area contributed by atoms with Crippen LogP contribution < -0.4 is 0 Å². The second kappa shape index (κ2) is 7.18. The van der Waals surface area contributed by atoms with E-state index < -0.39 is 0 Å². The van der Waals surface area contributed by atoms with Crippen molar-refractivity contribution in [3.63, 3.8) is 0 Å². The fraction of sp³-hybridized carbons (Fsp3) is 0.550. The van der Waals surface area contributed by atoms with Crippen molar-refractivity contribution in [2.75, 3.05) is 33.3 Å². The van der Waals surface area contributed by atoms with Crippen LogP contribution in [0.4, 0.5) is 0 Å². The summed E-state index contributed by atoms with van der Waals surface area (Å²) in [6.45, 7) is 6.31. The maximum absolute atomic E-state index is 12.7. The first-order valence-electron chi connectivity index (χ1n) is 8.99. The Morgan fingerprint density at radius 1 is 1.44 bits per heavy atom. The first-order valence-corrected chi connectivity index (χ1v) is 8.99. The van der Waals surface area contributed by atoms with Gasteiger partial charge in [0.1, 0.15) is 11.3 Å². The molecule has 0 bridgehead atoms. The molecule has 3 rings (SSSR count). The van der Waals surface area contributed by atoms with Crippen molar-refractivity contribution >= 4 is 16.9 Å². The molecular formula is C20H28N2O3. The smallest absolute Gasteiger partial charge is 0.237 e. The molecule has 5 nitrogen and oxygen atoms in total. The number of likely N-dealkylation sites (tertiary alicyclic amines) is 1. The van der Waals surface area contributed by atoms with E-state index in [9.17, 15) is 9.90 Å². The van der Waals surface area contributed by atoms with Gasteiger partial charge in [0.25, 0.3) is 0 Å². The number of para-hydroxylation sites is 1. The SMILES string of the molecule is CC(c1cc2ccccc2o1)N(C)C(=O)CN1CCCC(C)(CO)C1. The highest BCUT2D eigenvalue weighted by Gasteiger charge is 2.32. The molecule has 2 aromatic rings. The molecule has 0 aliphatic carbocycles. The number of hydrogen-bond donors (Lipinski definition) is 1. The zero-order chi connectivity index (χ0) is 18.0. The largest absolute Gasteiger partial charge is 0.459 e. The van der Waals surface area contributed by atoms with Gasteiger partial charge in [0.15, 0.2) is 0 Å². The van der Waals surface area contributed by atoms with Crippen LogP contribution >= 0.6 is 0 Å². The molecule has 0 saturated carbocycles. The summed E-state index contributed by atoms with van der Waals surface area (Å²) < 4.78 is 5.90. The van der Waals surface area contributed by atoms with E-state index in [1.54, 1.807) is 4.90 Å². The fourth-order valence-electron chi connectivity index (χ4n) is 3.61. The highest BCUT2D eigenvalue weighted by Crippen LogP contribution is 2.29. The number of carbonyl (C=O) groups excluding carboxylic acids is 1. The zero-order valence-electron chi connectivity index (χ0n) is 15.4. The van der Waals surface area contributed by atoms with Crippen LogP contribution in [0.2, 0.25) is 0 Å². The summed E-state index contributed by atoms with van der Waals surface area (Å²) in [5.41, 5.74) is 0.751. The summed E-state index contributed by atoms with van der Waals surface area (Å²) in [6.07, 6.45) is 2.03. The Morgan fingerprint density at radius 2 is 2.20 bits per heavy atom. The van der Waals surface area contributed by atoms with Crippen LogP contribution in [-0.2, 0) is 4.79 Å². The van der Waals surface area contributed by atoms with Crippen molar-refractivity contribution in [1.82, 2.24) is 9.80 Å². The molecule has 1 aromatic carbocycles. The molecule has 1 amide bonds. The van der Waals surface area contributed by atoms with E-state index in [-0.39, 0.29) is 24.0 Å². The number of likely N-dealkylation sites (N-methyl/N-ethyl adjacent to an activating group) is 1. The Balaban J connectivity index is 1.65. The minimum Gasteiger partial charge on any atom is -0.459 e. The molecule has 2 unspecified atom stereocenters. The number of amides is 1. The summed E-state index contributed by atoms with van der Waals surface area (Å²) >= 11 is 0. The second-order valence-corrected chi connectivity index (χ2v) is 7.65. The highest BCUT2D eigenvalue weighted by molar-refractivity contribution is 5.80. The van der Waals surface area contributed by atoms with Gasteiger partial charge in [0.05, 0.1) is 12.6 Å². The number of aliphatic hydroxyl groups is 1. The number of piperidine rings is 1. The lowest BCUT2D eigenvalue weighted by Crippen LogP contribution is -2.48. The van der Waals surface area contributed by atoms with E-state index in [4.69, 9.17) is 4.42 Å². The molecule has 1 saturated heterocycles. The number of nitrogens with zero attached hydrogens (tertiary/aromatic N) is 2. The summed E-state index contributed by atoms with van der Waals surface area (Å²) in [7, 11) is 1.83. The van der Waals surface area contributed by atoms with Crippen molar-refractivity contribution in [2.24, 2.45) is 5.41 Å². The quantitative estimate of drug-likeness (QED) is 0.906. The van der Waals surface area contributed by atoms with E-state index in [1.165, 1.54) is 0 Å². The lowest BCUT2D eigenvalue weighted by atomic mass is 9.83. The van der Waals surface area contributed by atoms with E-state index in [0.717, 1.165) is 42.7 Å². The lowest BCUT2D eigenvalue weighted by Gasteiger charge is -2.39. The molecular weight excluding hydrogens is 316 g/mol. The third kappa shape index (κ3) is 3.88. The van der Waals surface area contributed by atoms with Gasteiger partial charge in [-0.3, -0.25) is 9.69 Å². The molecule has 5 heteroatoms. The van der Waals surface area contributed by atoms with Gasteiger partial charge in [-0.1, -0.05) is 25.1 Å². The minimum atomic E-state index is -0.117. The second-order valence-electron chi connectivity index (χ2n) is 7.65. The van der Waals surface area contributed by atoms with Gasteiger partial charge >= 0.3 is 0 Å². The van der Waals surface area contributed by atoms with Crippen molar-refractivity contribution in [1.29, 1.82) is 0 Å². The van der Waals surface area contributed by atoms with Crippen LogP contribution in [-0.4, -0.2) is 54.1 Å². The fourth-order valence-corrected chi connectivity index (χ4v) is 3.61. The van der Waals surface area contributed by atoms with Gasteiger partial charge in [-0.15, -0.1) is 0 Å². The first-order chi connectivity index (χ1) is 11.9. The average molecular weight is 344 g/mol. The Labute approximate surface area is 149 Å². The average Bonchev–Trinajstić information content (AvgIpc) is 3.04. The molecule has 1 aliphatic heterocycles. The van der Waals surface area contributed by atoms with Crippen molar-refractivity contribution in [3.05, 3.63) is 36.1 Å². The van der Waals surface area contributed by atoms with Crippen LogP contribution in [0.25, 0.3) is 11.0 Å². The molecule has 25 heavy (non-hydrogen) atoms. The molecule has 2 atom stereocenters. The monoisotopic (exact) mass is 344 g/mol. The summed E-state index contributed by atoms with van der Waals surface area (Å²) in [5, 5.41) is 10.6. The van der Waals surface area contributed by atoms with Crippen LogP contribution in [0.1, 0.15) is 38.5 Å². The van der Waals surface area contributed by atoms with Crippen LogP contribution in [0.15, 0.2) is 34.7 Å². The predicted octanol–water partition coefficient (Wildman–Crippen LogP) is 3.05. The summed E-state index contributed by atoms with van der Waals surface area (Å²) in [4.78, 5) is 16.6. The summed E-state index contributed by atoms with van der Waals surface area (Å²) in [6, 6.07) is 9.78. The maximum atomic E-state index is 12.7. The number of hydrogen-bond acceptors (Lipinski definition) is 4. The van der Waals surface area contributed by atoms with E-state index in [1.807, 2.05) is 44.3 Å². The number of rotatable bonds is 5. The molecule has 2 heterocycles. The normalized spacial score (nSPS) is 22.9. The van der Waals surface area contributed by atoms with Crippen LogP contribution in [0.3, 0.4) is 0 Å². The van der Waals surface area contributed by atoms with E-state index in [2.05, 4.69) is 11.8 Å². The summed E-state index contributed by atoms with van der Waals surface area (Å²) in [5.74, 6) is 0.881. The van der Waals surface area contributed by atoms with Gasteiger partial charge in [-0.2, -0.15) is 0 Å². The van der Waals surface area contributed by atoms with Crippen LogP contribution in [0.5, 0.6) is 0 Å². The molecule has 1 aromatic heterocycles. The Morgan fingerprint density at radius 3 is 2.92 bits per heavy atom. The lowest BCUT2D eigenvalue weighted by molar-refractivity contribution is -0.134. The number of carbonyl (C=O) groups is 1. The van der Waals surface area contributed by atoms with Crippen molar-refractivity contribution in [2.45, 2.75) is 32.7 Å². The molecule has 1 aliphatic rings. The van der Waals surface area contributed by atoms with Gasteiger partial charge in [0, 0.05) is 31.0 Å². The van der Waals surface area contributed by atoms with Crippen molar-refractivity contribution < 1.29 is 14.3 Å². The van der Waals surface area contributed by atoms with E-state index >= 15 is 0 Å². The third-order valence-corrected chi connectivity index (χ3v) is 5.43. The van der Waals surface area contributed by atoms with Gasteiger partial charge in [-0.05, 0) is 38.4 Å². The van der Waals surface area contributed by atoms with Crippen LogP contribution in [0, 0.1) is 5.41 Å². The number of aliphatic hydroxyl groups excluding tert-OH is 1. The Hall–Kier alpha value is -1.85. The molecule has 1 N–H and O–H groups in total. The number of benzene rings is 1. The standard InChI is InChI=1S/C20H28N2O3/c1-15(18-11-16-7-4-5-8-17(16)25-18)21(3)19(24)12-22-10-6-9-20(2,13-22)14-23/h4-5,7-8,11,15,23H,6,9-10,12-14H2,1-3H3. The Bertz CT molecular complexity index is 708. The van der Waals surface area contributed by atoms with E-state index in [0.29, 0.717) is 6.54 Å². The third-order valence-electron chi connectivity index (χ3n) is 5.43. The highest BCUT2D eigenvalue weighted by atomic mass is 16.3. The minimum absolute atomic E-state index is 0.0788. The zero-order valence-corrected chi connectivity index (χ0v) is 15.4. The molecule has 0 spiro atoms. The maximum Gasteiger partial charge on any atom is 0.237 e. The Kier molecular flexibility index (Phi) is 5.16.